The number of amides is 1. The fraction of sp³-hybridized carbons (Fsp3) is 0.154. The SMILES string of the molecule is COc1ccc(Cl)c(/C(O)=C2\C(=O)C(=O)N(c3ccc4c(c3)OCCO4)C2c2ccccc2)c1. The highest BCUT2D eigenvalue weighted by Gasteiger charge is 2.47. The van der Waals surface area contributed by atoms with Gasteiger partial charge in [-0.3, -0.25) is 14.5 Å². The van der Waals surface area contributed by atoms with Gasteiger partial charge in [-0.2, -0.15) is 0 Å². The van der Waals surface area contributed by atoms with E-state index in [1.807, 2.05) is 6.07 Å². The van der Waals surface area contributed by atoms with E-state index in [0.717, 1.165) is 0 Å². The Morgan fingerprint density at radius 1 is 1.00 bits per heavy atom. The first-order valence-corrected chi connectivity index (χ1v) is 11.0. The summed E-state index contributed by atoms with van der Waals surface area (Å²) in [5.74, 6) is -0.482. The van der Waals surface area contributed by atoms with E-state index in [1.165, 1.54) is 18.1 Å². The Bertz CT molecular complexity index is 1320. The lowest BCUT2D eigenvalue weighted by Gasteiger charge is -2.27. The number of rotatable bonds is 4. The molecule has 1 amide bonds. The van der Waals surface area contributed by atoms with E-state index < -0.39 is 17.7 Å². The van der Waals surface area contributed by atoms with Crippen molar-refractivity contribution in [2.45, 2.75) is 6.04 Å². The molecule has 5 rings (SSSR count). The number of fused-ring (bicyclic) bond motifs is 1. The van der Waals surface area contributed by atoms with Crippen molar-refractivity contribution in [1.82, 2.24) is 0 Å². The van der Waals surface area contributed by atoms with Crippen LogP contribution in [0.15, 0.2) is 72.3 Å². The first-order valence-electron chi connectivity index (χ1n) is 10.6. The molecule has 8 heteroatoms. The van der Waals surface area contributed by atoms with E-state index in [9.17, 15) is 14.7 Å². The lowest BCUT2D eigenvalue weighted by Crippen LogP contribution is -2.29. The van der Waals surface area contributed by atoms with Crippen molar-refractivity contribution in [3.05, 3.63) is 88.5 Å². The van der Waals surface area contributed by atoms with Gasteiger partial charge in [0.25, 0.3) is 11.7 Å². The van der Waals surface area contributed by atoms with Crippen LogP contribution in [0.4, 0.5) is 5.69 Å². The van der Waals surface area contributed by atoms with Crippen LogP contribution in [0.2, 0.25) is 5.02 Å². The molecule has 172 valence electrons. The van der Waals surface area contributed by atoms with Gasteiger partial charge in [0.05, 0.1) is 23.7 Å². The zero-order valence-corrected chi connectivity index (χ0v) is 18.9. The van der Waals surface area contributed by atoms with Crippen LogP contribution in [0.1, 0.15) is 17.2 Å². The molecule has 3 aromatic rings. The van der Waals surface area contributed by atoms with Crippen LogP contribution >= 0.6 is 11.6 Å². The molecule has 3 aromatic carbocycles. The number of anilines is 1. The number of hydrogen-bond acceptors (Lipinski definition) is 6. The molecule has 1 fully saturated rings. The van der Waals surface area contributed by atoms with Crippen molar-refractivity contribution < 1.29 is 28.9 Å². The Hall–Kier alpha value is -3.97. The third-order valence-electron chi connectivity index (χ3n) is 5.79. The Morgan fingerprint density at radius 3 is 2.47 bits per heavy atom. The number of ether oxygens (including phenoxy) is 3. The first-order chi connectivity index (χ1) is 16.5. The summed E-state index contributed by atoms with van der Waals surface area (Å²) in [4.78, 5) is 28.0. The van der Waals surface area contributed by atoms with E-state index in [4.69, 9.17) is 25.8 Å². The normalized spacial score (nSPS) is 18.8. The summed E-state index contributed by atoms with van der Waals surface area (Å²) in [5.41, 5.74) is 1.22. The standard InChI is InChI=1S/C26H20ClNO6/c1-32-17-8-9-19(27)18(14-17)24(29)22-23(15-5-3-2-4-6-15)28(26(31)25(22)30)16-7-10-20-21(13-16)34-12-11-33-20/h2-10,13-14,23,29H,11-12H2,1H3/b24-22+. The van der Waals surface area contributed by atoms with Crippen molar-refractivity contribution in [3.8, 4) is 17.2 Å². The molecule has 2 aliphatic rings. The highest BCUT2D eigenvalue weighted by Crippen LogP contribution is 2.45. The lowest BCUT2D eigenvalue weighted by atomic mass is 9.95. The van der Waals surface area contributed by atoms with Crippen molar-refractivity contribution >= 4 is 34.7 Å². The monoisotopic (exact) mass is 477 g/mol. The lowest BCUT2D eigenvalue weighted by molar-refractivity contribution is -0.132. The quantitative estimate of drug-likeness (QED) is 0.332. The molecule has 0 radical (unpaired) electrons. The second kappa shape index (κ2) is 8.76. The fourth-order valence-electron chi connectivity index (χ4n) is 4.19. The Balaban J connectivity index is 1.71. The maximum atomic E-state index is 13.3. The summed E-state index contributed by atoms with van der Waals surface area (Å²) >= 11 is 6.35. The minimum Gasteiger partial charge on any atom is -0.507 e. The molecule has 0 aliphatic carbocycles. The summed E-state index contributed by atoms with van der Waals surface area (Å²) in [6.45, 7) is 0.813. The Kier molecular flexibility index (Phi) is 5.63. The van der Waals surface area contributed by atoms with E-state index in [1.54, 1.807) is 54.6 Å². The summed E-state index contributed by atoms with van der Waals surface area (Å²) in [6.07, 6.45) is 0. The Labute approximate surface area is 200 Å². The average molecular weight is 478 g/mol. The smallest absolute Gasteiger partial charge is 0.300 e. The van der Waals surface area contributed by atoms with E-state index in [-0.39, 0.29) is 21.9 Å². The second-order valence-electron chi connectivity index (χ2n) is 7.75. The molecule has 0 saturated carbocycles. The van der Waals surface area contributed by atoms with Gasteiger partial charge in [-0.15, -0.1) is 0 Å². The summed E-state index contributed by atoms with van der Waals surface area (Å²) in [5, 5.41) is 11.5. The number of aliphatic hydroxyl groups is 1. The number of nitrogens with zero attached hydrogens (tertiary/aromatic N) is 1. The van der Waals surface area contributed by atoms with Crippen LogP contribution in [0.25, 0.3) is 5.76 Å². The fourth-order valence-corrected chi connectivity index (χ4v) is 4.40. The molecule has 1 unspecified atom stereocenters. The van der Waals surface area contributed by atoms with Crippen molar-refractivity contribution in [2.75, 3.05) is 25.2 Å². The van der Waals surface area contributed by atoms with Gasteiger partial charge >= 0.3 is 0 Å². The van der Waals surface area contributed by atoms with Gasteiger partial charge < -0.3 is 19.3 Å². The third-order valence-corrected chi connectivity index (χ3v) is 6.12. The molecule has 2 heterocycles. The predicted octanol–water partition coefficient (Wildman–Crippen LogP) is 4.75. The molecular weight excluding hydrogens is 458 g/mol. The van der Waals surface area contributed by atoms with Crippen molar-refractivity contribution in [1.29, 1.82) is 0 Å². The number of benzene rings is 3. The maximum Gasteiger partial charge on any atom is 0.300 e. The van der Waals surface area contributed by atoms with Crippen LogP contribution in [0.5, 0.6) is 17.2 Å². The number of carbonyl (C=O) groups is 2. The third kappa shape index (κ3) is 3.64. The van der Waals surface area contributed by atoms with E-state index >= 15 is 0 Å². The minimum absolute atomic E-state index is 0.0683. The van der Waals surface area contributed by atoms with Crippen LogP contribution in [0.3, 0.4) is 0 Å². The zero-order valence-electron chi connectivity index (χ0n) is 18.2. The average Bonchev–Trinajstić information content (AvgIpc) is 3.14. The predicted molar refractivity (Wildman–Crippen MR) is 127 cm³/mol. The number of methoxy groups -OCH3 is 1. The molecule has 0 bridgehead atoms. The molecule has 1 N–H and O–H groups in total. The number of aliphatic hydroxyl groups excluding tert-OH is 1. The summed E-state index contributed by atoms with van der Waals surface area (Å²) in [6, 6.07) is 17.9. The summed E-state index contributed by atoms with van der Waals surface area (Å²) in [7, 11) is 1.48. The highest BCUT2D eigenvalue weighted by molar-refractivity contribution is 6.52. The molecule has 1 atom stereocenters. The van der Waals surface area contributed by atoms with Crippen LogP contribution in [0, 0.1) is 0 Å². The van der Waals surface area contributed by atoms with Gasteiger partial charge in [0.15, 0.2) is 11.5 Å². The Morgan fingerprint density at radius 2 is 1.74 bits per heavy atom. The van der Waals surface area contributed by atoms with Gasteiger partial charge in [-0.05, 0) is 35.9 Å². The van der Waals surface area contributed by atoms with Crippen LogP contribution in [-0.4, -0.2) is 37.1 Å². The highest BCUT2D eigenvalue weighted by atomic mass is 35.5. The van der Waals surface area contributed by atoms with Crippen molar-refractivity contribution in [2.24, 2.45) is 0 Å². The molecule has 7 nitrogen and oxygen atoms in total. The largest absolute Gasteiger partial charge is 0.507 e. The number of Topliss-reactive ketones (excluding diaryl/α,β-unsaturated/α-hetero) is 1. The molecular formula is C26H20ClNO6. The number of carbonyl (C=O) groups excluding carboxylic acids is 2. The summed E-state index contributed by atoms with van der Waals surface area (Å²) < 4.78 is 16.5. The molecule has 0 aromatic heterocycles. The van der Waals surface area contributed by atoms with Crippen molar-refractivity contribution in [3.63, 3.8) is 0 Å². The number of hydrogen-bond donors (Lipinski definition) is 1. The van der Waals surface area contributed by atoms with Crippen LogP contribution in [-0.2, 0) is 9.59 Å². The van der Waals surface area contributed by atoms with Gasteiger partial charge in [0.1, 0.15) is 24.7 Å². The van der Waals surface area contributed by atoms with Gasteiger partial charge in [0.2, 0.25) is 0 Å². The number of ketones is 1. The molecule has 34 heavy (non-hydrogen) atoms. The second-order valence-corrected chi connectivity index (χ2v) is 8.16. The topological polar surface area (TPSA) is 85.3 Å². The van der Waals surface area contributed by atoms with Gasteiger partial charge in [0, 0.05) is 17.3 Å². The first kappa shape index (κ1) is 21.9. The minimum atomic E-state index is -0.883. The molecule has 2 aliphatic heterocycles. The number of halogens is 1. The van der Waals surface area contributed by atoms with Gasteiger partial charge in [-0.25, -0.2) is 0 Å². The van der Waals surface area contributed by atoms with Gasteiger partial charge in [-0.1, -0.05) is 41.9 Å². The molecule has 0 spiro atoms. The maximum absolute atomic E-state index is 13.3. The zero-order chi connectivity index (χ0) is 23.8. The molecule has 1 saturated heterocycles. The van der Waals surface area contributed by atoms with E-state index in [2.05, 4.69) is 0 Å². The van der Waals surface area contributed by atoms with Crippen LogP contribution < -0.4 is 19.1 Å². The van der Waals surface area contributed by atoms with E-state index in [0.29, 0.717) is 41.7 Å².